The zero-order valence-corrected chi connectivity index (χ0v) is 12.9. The molecule has 4 nitrogen and oxygen atoms in total. The van der Waals surface area contributed by atoms with Crippen molar-refractivity contribution in [2.24, 2.45) is 0 Å². The predicted molar refractivity (Wildman–Crippen MR) is 81.2 cm³/mol. The summed E-state index contributed by atoms with van der Waals surface area (Å²) in [6, 6.07) is 8.45. The molecular weight excluding hydrogens is 271 g/mol. The summed E-state index contributed by atoms with van der Waals surface area (Å²) in [6.45, 7) is 0.914. The van der Waals surface area contributed by atoms with E-state index in [0.717, 1.165) is 25.1 Å². The number of anilines is 1. The second kappa shape index (κ2) is 6.89. The van der Waals surface area contributed by atoms with E-state index < -0.39 is 12.1 Å². The first-order chi connectivity index (χ1) is 10.0. The highest BCUT2D eigenvalue weighted by atomic mass is 19.1. The van der Waals surface area contributed by atoms with Gasteiger partial charge in [-0.1, -0.05) is 12.1 Å². The zero-order valence-electron chi connectivity index (χ0n) is 12.9. The number of rotatable bonds is 5. The van der Waals surface area contributed by atoms with Crippen LogP contribution in [0.5, 0.6) is 0 Å². The van der Waals surface area contributed by atoms with Crippen LogP contribution in [0.15, 0.2) is 24.3 Å². The Kier molecular flexibility index (Phi) is 5.17. The molecule has 2 atom stereocenters. The summed E-state index contributed by atoms with van der Waals surface area (Å²) in [5.41, 5.74) is 2.31. The Morgan fingerprint density at radius 1 is 1.52 bits per heavy atom. The van der Waals surface area contributed by atoms with Crippen molar-refractivity contribution >= 4 is 11.7 Å². The van der Waals surface area contributed by atoms with Gasteiger partial charge in [0.25, 0.3) is 0 Å². The Balaban J connectivity index is 2.11. The van der Waals surface area contributed by atoms with Gasteiger partial charge in [-0.25, -0.2) is 9.18 Å². The van der Waals surface area contributed by atoms with E-state index in [1.807, 2.05) is 25.1 Å². The van der Waals surface area contributed by atoms with Gasteiger partial charge in [0, 0.05) is 32.4 Å². The van der Waals surface area contributed by atoms with Gasteiger partial charge >= 0.3 is 5.97 Å². The molecule has 21 heavy (non-hydrogen) atoms. The molecule has 2 rings (SSSR count). The van der Waals surface area contributed by atoms with Crippen LogP contribution in [0.2, 0.25) is 0 Å². The van der Waals surface area contributed by atoms with Gasteiger partial charge in [-0.2, -0.15) is 0 Å². The molecule has 0 bridgehead atoms. The van der Waals surface area contributed by atoms with Crippen molar-refractivity contribution < 1.29 is 13.9 Å². The SMILES string of the molecule is COC(=O)[C@@H](F)CN1CCC[C@@H]1c1cccc(N(C)C)c1. The molecule has 0 N–H and O–H groups in total. The van der Waals surface area contributed by atoms with E-state index in [1.54, 1.807) is 0 Å². The van der Waals surface area contributed by atoms with Crippen molar-refractivity contribution in [3.05, 3.63) is 29.8 Å². The smallest absolute Gasteiger partial charge is 0.341 e. The van der Waals surface area contributed by atoms with E-state index in [0.29, 0.717) is 0 Å². The summed E-state index contributed by atoms with van der Waals surface area (Å²) in [5.74, 6) is -0.789. The first-order valence-corrected chi connectivity index (χ1v) is 7.26. The normalized spacial score (nSPS) is 20.3. The predicted octanol–water partition coefficient (Wildman–Crippen LogP) is 2.40. The molecule has 0 radical (unpaired) electrons. The Hall–Kier alpha value is -1.62. The lowest BCUT2D eigenvalue weighted by molar-refractivity contribution is -0.147. The molecule has 1 aromatic rings. The highest BCUT2D eigenvalue weighted by Crippen LogP contribution is 2.33. The van der Waals surface area contributed by atoms with Crippen molar-refractivity contribution in [3.63, 3.8) is 0 Å². The fraction of sp³-hybridized carbons (Fsp3) is 0.562. The van der Waals surface area contributed by atoms with Crippen LogP contribution in [0.1, 0.15) is 24.4 Å². The molecule has 1 saturated heterocycles. The molecule has 5 heteroatoms. The maximum Gasteiger partial charge on any atom is 0.341 e. The number of hydrogen-bond donors (Lipinski definition) is 0. The first-order valence-electron chi connectivity index (χ1n) is 7.26. The number of nitrogens with zero attached hydrogens (tertiary/aromatic N) is 2. The quantitative estimate of drug-likeness (QED) is 0.781. The van der Waals surface area contributed by atoms with Gasteiger partial charge in [0.05, 0.1) is 7.11 Å². The second-order valence-electron chi connectivity index (χ2n) is 5.63. The van der Waals surface area contributed by atoms with Crippen LogP contribution >= 0.6 is 0 Å². The summed E-state index contributed by atoms with van der Waals surface area (Å²) in [4.78, 5) is 15.3. The Bertz CT molecular complexity index is 493. The molecule has 1 aliphatic rings. The number of likely N-dealkylation sites (tertiary alicyclic amines) is 1. The van der Waals surface area contributed by atoms with Gasteiger partial charge in [-0.15, -0.1) is 0 Å². The van der Waals surface area contributed by atoms with E-state index >= 15 is 0 Å². The minimum Gasteiger partial charge on any atom is -0.467 e. The lowest BCUT2D eigenvalue weighted by Gasteiger charge is -2.26. The summed E-state index contributed by atoms with van der Waals surface area (Å²) in [5, 5.41) is 0. The average molecular weight is 294 g/mol. The van der Waals surface area contributed by atoms with Crippen LogP contribution in [0, 0.1) is 0 Å². The van der Waals surface area contributed by atoms with Gasteiger partial charge in [0.1, 0.15) is 0 Å². The van der Waals surface area contributed by atoms with E-state index in [9.17, 15) is 9.18 Å². The molecule has 1 aliphatic heterocycles. The lowest BCUT2D eigenvalue weighted by atomic mass is 10.0. The third kappa shape index (κ3) is 3.73. The van der Waals surface area contributed by atoms with Crippen molar-refractivity contribution in [1.29, 1.82) is 0 Å². The highest BCUT2D eigenvalue weighted by molar-refractivity contribution is 5.74. The molecule has 1 heterocycles. The van der Waals surface area contributed by atoms with E-state index in [4.69, 9.17) is 0 Å². The largest absolute Gasteiger partial charge is 0.467 e. The topological polar surface area (TPSA) is 32.8 Å². The van der Waals surface area contributed by atoms with Gasteiger partial charge in [0.2, 0.25) is 6.17 Å². The number of alkyl halides is 1. The number of hydrogen-bond acceptors (Lipinski definition) is 4. The monoisotopic (exact) mass is 294 g/mol. The molecule has 0 amide bonds. The molecule has 116 valence electrons. The summed E-state index contributed by atoms with van der Waals surface area (Å²) < 4.78 is 18.3. The van der Waals surface area contributed by atoms with Gasteiger partial charge < -0.3 is 9.64 Å². The number of halogens is 1. The van der Waals surface area contributed by atoms with Crippen LogP contribution < -0.4 is 4.90 Å². The number of carbonyl (C=O) groups is 1. The Morgan fingerprint density at radius 2 is 2.29 bits per heavy atom. The van der Waals surface area contributed by atoms with Gasteiger partial charge in [0.15, 0.2) is 0 Å². The summed E-state index contributed by atoms with van der Waals surface area (Å²) >= 11 is 0. The van der Waals surface area contributed by atoms with E-state index in [2.05, 4.69) is 27.8 Å². The van der Waals surface area contributed by atoms with E-state index in [1.165, 1.54) is 12.7 Å². The van der Waals surface area contributed by atoms with Crippen LogP contribution in [0.4, 0.5) is 10.1 Å². The average Bonchev–Trinajstić information content (AvgIpc) is 2.94. The van der Waals surface area contributed by atoms with Crippen LogP contribution in [-0.4, -0.2) is 51.3 Å². The molecule has 0 saturated carbocycles. The zero-order chi connectivity index (χ0) is 15.4. The Labute approximate surface area is 125 Å². The number of esters is 1. The fourth-order valence-corrected chi connectivity index (χ4v) is 2.84. The molecule has 0 spiro atoms. The number of methoxy groups -OCH3 is 1. The van der Waals surface area contributed by atoms with E-state index in [-0.39, 0.29) is 12.6 Å². The lowest BCUT2D eigenvalue weighted by Crippen LogP contribution is -2.34. The molecule has 0 aliphatic carbocycles. The molecule has 1 aromatic carbocycles. The number of ether oxygens (including phenoxy) is 1. The molecular formula is C16H23FN2O2. The summed E-state index contributed by atoms with van der Waals surface area (Å²) in [7, 11) is 5.22. The first kappa shape index (κ1) is 15.8. The molecule has 0 unspecified atom stereocenters. The van der Waals surface area contributed by atoms with Crippen LogP contribution in [-0.2, 0) is 9.53 Å². The second-order valence-corrected chi connectivity index (χ2v) is 5.63. The fourth-order valence-electron chi connectivity index (χ4n) is 2.84. The van der Waals surface area contributed by atoms with Gasteiger partial charge in [-0.05, 0) is 37.1 Å². The number of carbonyl (C=O) groups excluding carboxylic acids is 1. The van der Waals surface area contributed by atoms with Crippen LogP contribution in [0.3, 0.4) is 0 Å². The van der Waals surface area contributed by atoms with Gasteiger partial charge in [-0.3, -0.25) is 4.90 Å². The van der Waals surface area contributed by atoms with Crippen molar-refractivity contribution in [2.75, 3.05) is 39.2 Å². The van der Waals surface area contributed by atoms with Crippen molar-refractivity contribution in [3.8, 4) is 0 Å². The summed E-state index contributed by atoms with van der Waals surface area (Å²) in [6.07, 6.45) is 0.433. The standard InChI is InChI=1S/C16H23FN2O2/c1-18(2)13-7-4-6-12(10-13)15-8-5-9-19(15)11-14(17)16(20)21-3/h4,6-7,10,14-15H,5,8-9,11H2,1-3H3/t14-,15+/m0/s1. The highest BCUT2D eigenvalue weighted by Gasteiger charge is 2.30. The van der Waals surface area contributed by atoms with Crippen molar-refractivity contribution in [2.45, 2.75) is 25.1 Å². The minimum absolute atomic E-state index is 0.101. The Morgan fingerprint density at radius 3 is 2.95 bits per heavy atom. The maximum atomic E-state index is 13.8. The van der Waals surface area contributed by atoms with Crippen molar-refractivity contribution in [1.82, 2.24) is 4.90 Å². The maximum absolute atomic E-state index is 13.8. The molecule has 0 aromatic heterocycles. The third-order valence-corrected chi connectivity index (χ3v) is 3.99. The molecule has 1 fully saturated rings. The third-order valence-electron chi connectivity index (χ3n) is 3.99. The minimum atomic E-state index is -1.58. The number of benzene rings is 1. The van der Waals surface area contributed by atoms with Crippen LogP contribution in [0.25, 0.3) is 0 Å².